The van der Waals surface area contributed by atoms with Crippen molar-refractivity contribution < 1.29 is 9.59 Å². The largest absolute Gasteiger partial charge is 0.340 e. The van der Waals surface area contributed by atoms with E-state index in [0.717, 1.165) is 84.5 Å². The number of hydrogen-bond acceptors (Lipinski definition) is 4. The SMILES string of the molecule is O=C(CCCCCCCC(=O)N1CCN(C(c2ccccc2)c2ccccc2)CC1)N1CCN(C(c2ccccc2)c2ccccc2)CC1. The van der Waals surface area contributed by atoms with Gasteiger partial charge in [-0.2, -0.15) is 0 Å². The van der Waals surface area contributed by atoms with Gasteiger partial charge in [0.25, 0.3) is 0 Å². The molecular weight excluding hydrogens is 604 g/mol. The Balaban J connectivity index is 0.859. The minimum Gasteiger partial charge on any atom is -0.340 e. The Morgan fingerprint density at radius 2 is 0.653 bits per heavy atom. The summed E-state index contributed by atoms with van der Waals surface area (Å²) in [7, 11) is 0. The van der Waals surface area contributed by atoms with Crippen molar-refractivity contribution >= 4 is 11.8 Å². The molecule has 2 fully saturated rings. The van der Waals surface area contributed by atoms with Gasteiger partial charge in [-0.3, -0.25) is 19.4 Å². The van der Waals surface area contributed by atoms with Gasteiger partial charge in [0.1, 0.15) is 0 Å². The van der Waals surface area contributed by atoms with Crippen molar-refractivity contribution in [2.75, 3.05) is 52.4 Å². The molecule has 0 N–H and O–H groups in total. The van der Waals surface area contributed by atoms with Gasteiger partial charge in [-0.1, -0.05) is 141 Å². The van der Waals surface area contributed by atoms with Crippen LogP contribution in [0.2, 0.25) is 0 Å². The molecule has 256 valence electrons. The highest BCUT2D eigenvalue weighted by atomic mass is 16.2. The molecule has 0 atom stereocenters. The van der Waals surface area contributed by atoms with E-state index in [1.165, 1.54) is 22.3 Å². The van der Waals surface area contributed by atoms with Crippen LogP contribution in [0.25, 0.3) is 0 Å². The van der Waals surface area contributed by atoms with Gasteiger partial charge in [0, 0.05) is 65.2 Å². The molecule has 6 rings (SSSR count). The fourth-order valence-electron chi connectivity index (χ4n) is 7.63. The summed E-state index contributed by atoms with van der Waals surface area (Å²) in [5.41, 5.74) is 5.20. The second kappa shape index (κ2) is 17.9. The Morgan fingerprint density at radius 1 is 0.388 bits per heavy atom. The molecule has 0 bridgehead atoms. The number of hydrogen-bond donors (Lipinski definition) is 0. The van der Waals surface area contributed by atoms with Gasteiger partial charge in [-0.25, -0.2) is 0 Å². The van der Waals surface area contributed by atoms with Crippen LogP contribution in [0.1, 0.15) is 79.3 Å². The van der Waals surface area contributed by atoms with Crippen molar-refractivity contribution in [1.82, 2.24) is 19.6 Å². The highest BCUT2D eigenvalue weighted by molar-refractivity contribution is 5.76. The highest BCUT2D eigenvalue weighted by Gasteiger charge is 2.29. The van der Waals surface area contributed by atoms with Gasteiger partial charge < -0.3 is 9.80 Å². The van der Waals surface area contributed by atoms with E-state index in [1.807, 2.05) is 0 Å². The molecule has 0 aliphatic carbocycles. The number of amides is 2. The quantitative estimate of drug-likeness (QED) is 0.131. The molecule has 0 saturated carbocycles. The van der Waals surface area contributed by atoms with E-state index in [1.54, 1.807) is 0 Å². The van der Waals surface area contributed by atoms with Gasteiger partial charge >= 0.3 is 0 Å². The normalized spacial score (nSPS) is 16.0. The van der Waals surface area contributed by atoms with E-state index < -0.39 is 0 Å². The van der Waals surface area contributed by atoms with Crippen molar-refractivity contribution in [2.45, 2.75) is 57.0 Å². The average molecular weight is 657 g/mol. The Kier molecular flexibility index (Phi) is 12.7. The van der Waals surface area contributed by atoms with Crippen LogP contribution < -0.4 is 0 Å². The van der Waals surface area contributed by atoms with Gasteiger partial charge in [0.2, 0.25) is 11.8 Å². The van der Waals surface area contributed by atoms with Gasteiger partial charge in [-0.15, -0.1) is 0 Å². The zero-order valence-electron chi connectivity index (χ0n) is 28.9. The van der Waals surface area contributed by atoms with Crippen molar-refractivity contribution in [1.29, 1.82) is 0 Å². The summed E-state index contributed by atoms with van der Waals surface area (Å²) in [6.07, 6.45) is 6.26. The summed E-state index contributed by atoms with van der Waals surface area (Å²) in [6.45, 7) is 6.64. The second-order valence-corrected chi connectivity index (χ2v) is 13.5. The summed E-state index contributed by atoms with van der Waals surface area (Å²) in [5, 5.41) is 0. The lowest BCUT2D eigenvalue weighted by Gasteiger charge is -2.40. The van der Waals surface area contributed by atoms with Crippen molar-refractivity contribution in [2.24, 2.45) is 0 Å². The lowest BCUT2D eigenvalue weighted by Crippen LogP contribution is -2.49. The Labute approximate surface area is 293 Å². The Morgan fingerprint density at radius 3 is 0.939 bits per heavy atom. The molecule has 6 heteroatoms. The van der Waals surface area contributed by atoms with Crippen LogP contribution >= 0.6 is 0 Å². The van der Waals surface area contributed by atoms with Crippen LogP contribution in [-0.2, 0) is 9.59 Å². The number of unbranched alkanes of at least 4 members (excludes halogenated alkanes) is 4. The number of benzene rings is 4. The molecule has 0 unspecified atom stereocenters. The van der Waals surface area contributed by atoms with Gasteiger partial charge in [-0.05, 0) is 35.1 Å². The van der Waals surface area contributed by atoms with E-state index >= 15 is 0 Å². The molecule has 0 aromatic heterocycles. The maximum absolute atomic E-state index is 13.0. The monoisotopic (exact) mass is 656 g/mol. The standard InChI is InChI=1S/C43H52N4O2/c48-40(44-28-32-46(33-29-44)42(36-18-8-4-9-19-36)37-20-10-5-11-21-37)26-16-2-1-3-17-27-41(49)45-30-34-47(35-31-45)43(38-22-12-6-13-23-38)39-24-14-7-15-25-39/h4-15,18-25,42-43H,1-3,16-17,26-35H2. The summed E-state index contributed by atoms with van der Waals surface area (Å²) in [6, 6.07) is 43.2. The van der Waals surface area contributed by atoms with E-state index in [9.17, 15) is 9.59 Å². The zero-order valence-corrected chi connectivity index (χ0v) is 28.9. The first-order chi connectivity index (χ1) is 24.2. The van der Waals surface area contributed by atoms with E-state index in [-0.39, 0.29) is 23.9 Å². The fourth-order valence-corrected chi connectivity index (χ4v) is 7.63. The lowest BCUT2D eigenvalue weighted by molar-refractivity contribution is -0.134. The molecule has 2 heterocycles. The molecule has 2 saturated heterocycles. The maximum Gasteiger partial charge on any atom is 0.222 e. The van der Waals surface area contributed by atoms with E-state index in [4.69, 9.17) is 0 Å². The van der Waals surface area contributed by atoms with Crippen molar-refractivity contribution in [3.8, 4) is 0 Å². The summed E-state index contributed by atoms with van der Waals surface area (Å²) in [4.78, 5) is 35.2. The number of carbonyl (C=O) groups is 2. The van der Waals surface area contributed by atoms with Crippen LogP contribution in [0, 0.1) is 0 Å². The van der Waals surface area contributed by atoms with Crippen LogP contribution in [0.4, 0.5) is 0 Å². The topological polar surface area (TPSA) is 47.1 Å². The number of nitrogens with zero attached hydrogens (tertiary/aromatic N) is 4. The molecule has 49 heavy (non-hydrogen) atoms. The summed E-state index contributed by atoms with van der Waals surface area (Å²) >= 11 is 0. The smallest absolute Gasteiger partial charge is 0.222 e. The highest BCUT2D eigenvalue weighted by Crippen LogP contribution is 2.31. The first kappa shape index (κ1) is 34.6. The Bertz CT molecular complexity index is 1350. The second-order valence-electron chi connectivity index (χ2n) is 13.5. The molecule has 4 aromatic rings. The molecular formula is C43H52N4O2. The third-order valence-electron chi connectivity index (χ3n) is 10.3. The lowest BCUT2D eigenvalue weighted by atomic mass is 9.96. The molecule has 2 amide bonds. The fraction of sp³-hybridized carbons (Fsp3) is 0.395. The zero-order chi connectivity index (χ0) is 33.7. The third kappa shape index (κ3) is 9.46. The summed E-state index contributed by atoms with van der Waals surface area (Å²) < 4.78 is 0. The van der Waals surface area contributed by atoms with Crippen LogP contribution in [-0.4, -0.2) is 83.8 Å². The molecule has 2 aliphatic rings. The first-order valence-electron chi connectivity index (χ1n) is 18.4. The maximum atomic E-state index is 13.0. The van der Waals surface area contributed by atoms with Gasteiger partial charge in [0.05, 0.1) is 12.1 Å². The minimum atomic E-state index is 0.211. The van der Waals surface area contributed by atoms with E-state index in [0.29, 0.717) is 12.8 Å². The molecule has 2 aliphatic heterocycles. The van der Waals surface area contributed by atoms with Crippen LogP contribution in [0.5, 0.6) is 0 Å². The number of rotatable bonds is 14. The average Bonchev–Trinajstić information content (AvgIpc) is 3.17. The van der Waals surface area contributed by atoms with E-state index in [2.05, 4.69) is 141 Å². The Hall–Kier alpha value is -4.26. The van der Waals surface area contributed by atoms with Crippen LogP contribution in [0.3, 0.4) is 0 Å². The third-order valence-corrected chi connectivity index (χ3v) is 10.3. The number of carbonyl (C=O) groups excluding carboxylic acids is 2. The molecule has 6 nitrogen and oxygen atoms in total. The first-order valence-corrected chi connectivity index (χ1v) is 18.4. The van der Waals surface area contributed by atoms with Gasteiger partial charge in [0.15, 0.2) is 0 Å². The predicted octanol–water partition coefficient (Wildman–Crippen LogP) is 7.58. The van der Waals surface area contributed by atoms with Crippen molar-refractivity contribution in [3.63, 3.8) is 0 Å². The molecule has 4 aromatic carbocycles. The number of piperazine rings is 2. The van der Waals surface area contributed by atoms with Crippen LogP contribution in [0.15, 0.2) is 121 Å². The minimum absolute atomic E-state index is 0.211. The molecule has 0 spiro atoms. The molecule has 0 radical (unpaired) electrons. The van der Waals surface area contributed by atoms with Crippen molar-refractivity contribution in [3.05, 3.63) is 144 Å². The summed E-state index contributed by atoms with van der Waals surface area (Å²) in [5.74, 6) is 0.568. The predicted molar refractivity (Wildman–Crippen MR) is 198 cm³/mol.